The van der Waals surface area contributed by atoms with Crippen LogP contribution in [0, 0.1) is 18.8 Å². The molecule has 0 amide bonds. The van der Waals surface area contributed by atoms with E-state index < -0.39 is 0 Å². The number of aldehydes is 1. The van der Waals surface area contributed by atoms with E-state index in [0.29, 0.717) is 5.92 Å². The second kappa shape index (κ2) is 3.91. The number of carbonyl (C=O) groups excluding carboxylic acids is 1. The topological polar surface area (TPSA) is 30.0 Å². The van der Waals surface area contributed by atoms with Crippen molar-refractivity contribution in [1.82, 2.24) is 4.98 Å². The van der Waals surface area contributed by atoms with Gasteiger partial charge in [-0.2, -0.15) is 0 Å². The Hall–Kier alpha value is -1.18. The van der Waals surface area contributed by atoms with E-state index in [1.54, 1.807) is 0 Å². The van der Waals surface area contributed by atoms with Crippen LogP contribution < -0.4 is 0 Å². The highest BCUT2D eigenvalue weighted by Crippen LogP contribution is 2.37. The van der Waals surface area contributed by atoms with Crippen molar-refractivity contribution in [3.8, 4) is 0 Å². The molecule has 0 bridgehead atoms. The summed E-state index contributed by atoms with van der Waals surface area (Å²) in [5, 5.41) is 0. The normalized spacial score (nSPS) is 17.8. The molecule has 1 saturated carbocycles. The van der Waals surface area contributed by atoms with Gasteiger partial charge in [-0.3, -0.25) is 4.98 Å². The standard InChI is InChI=1S/C12H15NO/c1-9-2-3-10(7-13-9)6-12(8-14)11-4-5-11/h2-3,7-8,11-12H,4-6H2,1H3. The van der Waals surface area contributed by atoms with E-state index in [-0.39, 0.29) is 5.92 Å². The van der Waals surface area contributed by atoms with Gasteiger partial charge in [-0.1, -0.05) is 6.07 Å². The van der Waals surface area contributed by atoms with Gasteiger partial charge in [-0.15, -0.1) is 0 Å². The Labute approximate surface area is 84.4 Å². The lowest BCUT2D eigenvalue weighted by Crippen LogP contribution is -2.08. The molecule has 14 heavy (non-hydrogen) atoms. The third kappa shape index (κ3) is 2.19. The maximum Gasteiger partial charge on any atom is 0.123 e. The predicted octanol–water partition coefficient (Wildman–Crippen LogP) is 2.16. The van der Waals surface area contributed by atoms with Crippen LogP contribution in [-0.4, -0.2) is 11.3 Å². The lowest BCUT2D eigenvalue weighted by atomic mass is 9.97. The van der Waals surface area contributed by atoms with E-state index in [0.717, 1.165) is 18.4 Å². The van der Waals surface area contributed by atoms with Crippen molar-refractivity contribution in [3.63, 3.8) is 0 Å². The van der Waals surface area contributed by atoms with Gasteiger partial charge in [0.1, 0.15) is 6.29 Å². The minimum atomic E-state index is 0.222. The van der Waals surface area contributed by atoms with Gasteiger partial charge in [-0.05, 0) is 43.7 Å². The average Bonchev–Trinajstić information content (AvgIpc) is 3.01. The third-order valence-corrected chi connectivity index (χ3v) is 2.85. The van der Waals surface area contributed by atoms with Crippen LogP contribution in [-0.2, 0) is 11.2 Å². The van der Waals surface area contributed by atoms with E-state index in [9.17, 15) is 4.79 Å². The zero-order chi connectivity index (χ0) is 9.97. The zero-order valence-electron chi connectivity index (χ0n) is 8.44. The van der Waals surface area contributed by atoms with Gasteiger partial charge < -0.3 is 4.79 Å². The molecule has 0 aliphatic heterocycles. The Morgan fingerprint density at radius 1 is 1.57 bits per heavy atom. The Morgan fingerprint density at radius 3 is 2.86 bits per heavy atom. The van der Waals surface area contributed by atoms with Crippen molar-refractivity contribution in [3.05, 3.63) is 29.6 Å². The molecule has 0 radical (unpaired) electrons. The molecule has 0 saturated heterocycles. The lowest BCUT2D eigenvalue weighted by Gasteiger charge is -2.07. The summed E-state index contributed by atoms with van der Waals surface area (Å²) in [4.78, 5) is 15.1. The summed E-state index contributed by atoms with van der Waals surface area (Å²) in [6.07, 6.45) is 6.30. The van der Waals surface area contributed by atoms with Crippen molar-refractivity contribution < 1.29 is 4.79 Å². The molecule has 2 nitrogen and oxygen atoms in total. The Balaban J connectivity index is 2.01. The van der Waals surface area contributed by atoms with E-state index >= 15 is 0 Å². The molecule has 0 N–H and O–H groups in total. The first kappa shape index (κ1) is 9.38. The first-order chi connectivity index (χ1) is 6.79. The number of hydrogen-bond acceptors (Lipinski definition) is 2. The molecular formula is C12H15NO. The predicted molar refractivity (Wildman–Crippen MR) is 55.0 cm³/mol. The molecule has 74 valence electrons. The Morgan fingerprint density at radius 2 is 2.36 bits per heavy atom. The highest BCUT2D eigenvalue weighted by atomic mass is 16.1. The van der Waals surface area contributed by atoms with Gasteiger partial charge in [0.25, 0.3) is 0 Å². The van der Waals surface area contributed by atoms with Crippen LogP contribution in [0.25, 0.3) is 0 Å². The first-order valence-corrected chi connectivity index (χ1v) is 5.16. The Kier molecular flexibility index (Phi) is 2.62. The van der Waals surface area contributed by atoms with Crippen LogP contribution in [0.15, 0.2) is 18.3 Å². The molecule has 2 rings (SSSR count). The quantitative estimate of drug-likeness (QED) is 0.679. The fraction of sp³-hybridized carbons (Fsp3) is 0.500. The van der Waals surface area contributed by atoms with Crippen LogP contribution in [0.4, 0.5) is 0 Å². The fourth-order valence-corrected chi connectivity index (χ4v) is 1.74. The van der Waals surface area contributed by atoms with Crippen molar-refractivity contribution >= 4 is 6.29 Å². The molecule has 1 aliphatic carbocycles. The van der Waals surface area contributed by atoms with Gasteiger partial charge in [0.15, 0.2) is 0 Å². The molecule has 1 unspecified atom stereocenters. The summed E-state index contributed by atoms with van der Waals surface area (Å²) < 4.78 is 0. The molecule has 1 fully saturated rings. The van der Waals surface area contributed by atoms with Crippen molar-refractivity contribution in [2.75, 3.05) is 0 Å². The number of hydrogen-bond donors (Lipinski definition) is 0. The summed E-state index contributed by atoms with van der Waals surface area (Å²) in [7, 11) is 0. The molecule has 2 heteroatoms. The largest absolute Gasteiger partial charge is 0.303 e. The molecule has 1 aliphatic rings. The molecule has 1 heterocycles. The monoisotopic (exact) mass is 189 g/mol. The van der Waals surface area contributed by atoms with E-state index in [4.69, 9.17) is 0 Å². The summed E-state index contributed by atoms with van der Waals surface area (Å²) in [5.74, 6) is 0.869. The first-order valence-electron chi connectivity index (χ1n) is 5.16. The van der Waals surface area contributed by atoms with Crippen LogP contribution >= 0.6 is 0 Å². The van der Waals surface area contributed by atoms with Crippen LogP contribution in [0.5, 0.6) is 0 Å². The molecule has 1 aromatic heterocycles. The van der Waals surface area contributed by atoms with Crippen molar-refractivity contribution in [2.45, 2.75) is 26.2 Å². The lowest BCUT2D eigenvalue weighted by molar-refractivity contribution is -0.111. The van der Waals surface area contributed by atoms with E-state index in [2.05, 4.69) is 11.1 Å². The number of aromatic nitrogens is 1. The molecule has 1 atom stereocenters. The minimum Gasteiger partial charge on any atom is -0.303 e. The number of aryl methyl sites for hydroxylation is 1. The molecule has 0 spiro atoms. The third-order valence-electron chi connectivity index (χ3n) is 2.85. The van der Waals surface area contributed by atoms with Gasteiger partial charge in [0.05, 0.1) is 0 Å². The van der Waals surface area contributed by atoms with Crippen molar-refractivity contribution in [2.24, 2.45) is 11.8 Å². The van der Waals surface area contributed by atoms with E-state index in [1.165, 1.54) is 18.4 Å². The zero-order valence-corrected chi connectivity index (χ0v) is 8.44. The average molecular weight is 189 g/mol. The summed E-state index contributed by atoms with van der Waals surface area (Å²) in [6, 6.07) is 4.07. The highest BCUT2D eigenvalue weighted by Gasteiger charge is 2.30. The van der Waals surface area contributed by atoms with Crippen LogP contribution in [0.3, 0.4) is 0 Å². The molecular weight excluding hydrogens is 174 g/mol. The van der Waals surface area contributed by atoms with E-state index in [1.807, 2.05) is 19.2 Å². The second-order valence-electron chi connectivity index (χ2n) is 4.15. The van der Waals surface area contributed by atoms with Gasteiger partial charge in [0, 0.05) is 17.8 Å². The van der Waals surface area contributed by atoms with Crippen LogP contribution in [0.1, 0.15) is 24.1 Å². The number of pyridine rings is 1. The molecule has 0 aromatic carbocycles. The molecule has 1 aromatic rings. The summed E-state index contributed by atoms with van der Waals surface area (Å²) in [5.41, 5.74) is 2.21. The Bertz CT molecular complexity index is 314. The number of carbonyl (C=O) groups is 1. The fourth-order valence-electron chi connectivity index (χ4n) is 1.74. The summed E-state index contributed by atoms with van der Waals surface area (Å²) in [6.45, 7) is 1.97. The van der Waals surface area contributed by atoms with Gasteiger partial charge in [0.2, 0.25) is 0 Å². The van der Waals surface area contributed by atoms with Crippen molar-refractivity contribution in [1.29, 1.82) is 0 Å². The maximum atomic E-state index is 10.8. The van der Waals surface area contributed by atoms with Gasteiger partial charge >= 0.3 is 0 Å². The smallest absolute Gasteiger partial charge is 0.123 e. The van der Waals surface area contributed by atoms with Gasteiger partial charge in [-0.25, -0.2) is 0 Å². The SMILES string of the molecule is Cc1ccc(CC(C=O)C2CC2)cn1. The van der Waals surface area contributed by atoms with Crippen LogP contribution in [0.2, 0.25) is 0 Å². The highest BCUT2D eigenvalue weighted by molar-refractivity contribution is 5.55. The number of nitrogens with zero attached hydrogens (tertiary/aromatic N) is 1. The number of rotatable bonds is 4. The minimum absolute atomic E-state index is 0.222. The summed E-state index contributed by atoms with van der Waals surface area (Å²) >= 11 is 0. The maximum absolute atomic E-state index is 10.8. The second-order valence-corrected chi connectivity index (χ2v) is 4.15.